The first-order chi connectivity index (χ1) is 13.7. The van der Waals surface area contributed by atoms with Crippen LogP contribution in [0.3, 0.4) is 0 Å². The van der Waals surface area contributed by atoms with Gasteiger partial charge in [0.25, 0.3) is 5.79 Å². The van der Waals surface area contributed by atoms with E-state index in [1.807, 2.05) is 6.07 Å². The monoisotopic (exact) mass is 413 g/mol. The molecule has 0 bridgehead atoms. The summed E-state index contributed by atoms with van der Waals surface area (Å²) in [6, 6.07) is 7.70. The van der Waals surface area contributed by atoms with Crippen LogP contribution in [0.25, 0.3) is 0 Å². The van der Waals surface area contributed by atoms with Gasteiger partial charge in [-0.1, -0.05) is 30.3 Å². The summed E-state index contributed by atoms with van der Waals surface area (Å²) in [5.74, 6) is -3.55. The van der Waals surface area contributed by atoms with E-state index in [2.05, 4.69) is 5.32 Å². The number of hydrogen-bond acceptors (Lipinski definition) is 9. The van der Waals surface area contributed by atoms with Crippen molar-refractivity contribution >= 4 is 11.9 Å². The summed E-state index contributed by atoms with van der Waals surface area (Å²) in [6.07, 6.45) is -6.60. The Balaban J connectivity index is 2.24. The molecule has 0 aliphatic carbocycles. The highest BCUT2D eigenvalue weighted by molar-refractivity contribution is 5.78. The van der Waals surface area contributed by atoms with Crippen molar-refractivity contribution in [1.29, 1.82) is 0 Å². The van der Waals surface area contributed by atoms with Crippen molar-refractivity contribution in [1.82, 2.24) is 5.32 Å². The summed E-state index contributed by atoms with van der Waals surface area (Å²) in [4.78, 5) is 24.2. The maximum atomic E-state index is 12.7. The molecular formula is C19H27NO9. The van der Waals surface area contributed by atoms with E-state index in [1.165, 1.54) is 14.0 Å². The van der Waals surface area contributed by atoms with Crippen molar-refractivity contribution < 1.29 is 44.2 Å². The highest BCUT2D eigenvalue weighted by Gasteiger charge is 2.55. The van der Waals surface area contributed by atoms with Crippen LogP contribution in [-0.2, 0) is 30.4 Å². The molecule has 1 aliphatic rings. The van der Waals surface area contributed by atoms with Crippen molar-refractivity contribution in [3.05, 3.63) is 35.9 Å². The lowest BCUT2D eigenvalue weighted by Gasteiger charge is -2.46. The van der Waals surface area contributed by atoms with E-state index >= 15 is 0 Å². The molecule has 1 aromatic rings. The summed E-state index contributed by atoms with van der Waals surface area (Å²) in [5.41, 5.74) is 0.715. The molecule has 0 saturated carbocycles. The molecule has 6 atom stereocenters. The lowest BCUT2D eigenvalue weighted by molar-refractivity contribution is -0.306. The summed E-state index contributed by atoms with van der Waals surface area (Å²) in [6.45, 7) is 0.319. The van der Waals surface area contributed by atoms with Gasteiger partial charge in [-0.3, -0.25) is 4.79 Å². The van der Waals surface area contributed by atoms with E-state index in [1.54, 1.807) is 24.3 Å². The minimum atomic E-state index is -2.08. The Kier molecular flexibility index (Phi) is 8.08. The van der Waals surface area contributed by atoms with Crippen molar-refractivity contribution in [3.63, 3.8) is 0 Å². The zero-order valence-electron chi connectivity index (χ0n) is 16.2. The molecule has 0 aromatic heterocycles. The lowest BCUT2D eigenvalue weighted by Crippen LogP contribution is -2.67. The Morgan fingerprint density at radius 1 is 1.31 bits per heavy atom. The maximum Gasteiger partial charge on any atom is 0.367 e. The van der Waals surface area contributed by atoms with Gasteiger partial charge in [0.1, 0.15) is 24.9 Å². The van der Waals surface area contributed by atoms with E-state index < -0.39 is 54.7 Å². The van der Waals surface area contributed by atoms with E-state index in [4.69, 9.17) is 19.3 Å². The molecule has 29 heavy (non-hydrogen) atoms. The predicted molar refractivity (Wildman–Crippen MR) is 98.2 cm³/mol. The molecule has 1 saturated heterocycles. The number of esters is 1. The van der Waals surface area contributed by atoms with Gasteiger partial charge in [-0.05, 0) is 5.56 Å². The highest BCUT2D eigenvalue weighted by Crippen LogP contribution is 2.34. The molecule has 5 N–H and O–H groups in total. The van der Waals surface area contributed by atoms with E-state index in [-0.39, 0.29) is 13.0 Å². The number of ether oxygens (including phenoxy) is 3. The Hall–Kier alpha value is -2.08. The van der Waals surface area contributed by atoms with Gasteiger partial charge in [-0.2, -0.15) is 0 Å². The first-order valence-corrected chi connectivity index (χ1v) is 9.10. The van der Waals surface area contributed by atoms with Gasteiger partial charge >= 0.3 is 5.97 Å². The third kappa shape index (κ3) is 5.50. The summed E-state index contributed by atoms with van der Waals surface area (Å²) < 4.78 is 16.1. The number of nitrogens with one attached hydrogen (secondary N) is 1. The molecule has 0 radical (unpaired) electrons. The minimum absolute atomic E-state index is 0.0775. The van der Waals surface area contributed by atoms with E-state index in [9.17, 15) is 24.9 Å². The highest BCUT2D eigenvalue weighted by atomic mass is 16.7. The molecule has 10 heteroatoms. The molecule has 162 valence electrons. The Morgan fingerprint density at radius 3 is 2.52 bits per heavy atom. The SMILES string of the molecule is CO[C@@]1(C(=O)OCc2ccccc2)C[C@H](O)[C@@H](NC(C)=O)[C@H]([C@H](O)[C@H](O)CO)O1. The van der Waals surface area contributed by atoms with Gasteiger partial charge in [0, 0.05) is 20.5 Å². The topological polar surface area (TPSA) is 155 Å². The Bertz CT molecular complexity index is 686. The van der Waals surface area contributed by atoms with Crippen LogP contribution in [0.5, 0.6) is 0 Å². The number of amides is 1. The Morgan fingerprint density at radius 2 is 1.97 bits per heavy atom. The fourth-order valence-corrected chi connectivity index (χ4v) is 3.16. The molecule has 1 aliphatic heterocycles. The van der Waals surface area contributed by atoms with Crippen molar-refractivity contribution in [2.24, 2.45) is 0 Å². The van der Waals surface area contributed by atoms with E-state index in [0.29, 0.717) is 5.56 Å². The molecule has 10 nitrogen and oxygen atoms in total. The standard InChI is InChI=1S/C19H27NO9/c1-11(22)20-15-13(23)8-19(27-2,29-17(15)16(25)14(24)9-21)18(26)28-10-12-6-4-3-5-7-12/h3-7,13-17,21,23-25H,8-10H2,1-2H3,(H,20,22)/t13-,14+,15+,16+,17+,19-/m0/s1. The second-order valence-corrected chi connectivity index (χ2v) is 6.84. The van der Waals surface area contributed by atoms with Crippen molar-refractivity contribution in [2.75, 3.05) is 13.7 Å². The van der Waals surface area contributed by atoms with Crippen LogP contribution in [0.1, 0.15) is 18.9 Å². The normalized spacial score (nSPS) is 29.0. The van der Waals surface area contributed by atoms with Gasteiger partial charge < -0.3 is 40.0 Å². The average molecular weight is 413 g/mol. The molecule has 1 aromatic carbocycles. The molecular weight excluding hydrogens is 386 g/mol. The third-order valence-electron chi connectivity index (χ3n) is 4.71. The Labute approximate surface area is 168 Å². The van der Waals surface area contributed by atoms with Crippen LogP contribution < -0.4 is 5.32 Å². The fourth-order valence-electron chi connectivity index (χ4n) is 3.16. The zero-order valence-corrected chi connectivity index (χ0v) is 16.2. The lowest BCUT2D eigenvalue weighted by atomic mass is 9.88. The number of carbonyl (C=O) groups excluding carboxylic acids is 2. The number of carbonyl (C=O) groups is 2. The van der Waals surface area contributed by atoms with Crippen molar-refractivity contribution in [3.8, 4) is 0 Å². The van der Waals surface area contributed by atoms with Gasteiger partial charge in [-0.25, -0.2) is 4.79 Å². The first kappa shape index (κ1) is 23.2. The van der Waals surface area contributed by atoms with Crippen LogP contribution in [0.15, 0.2) is 30.3 Å². The fraction of sp³-hybridized carbons (Fsp3) is 0.579. The van der Waals surface area contributed by atoms with Crippen LogP contribution in [0.2, 0.25) is 0 Å². The van der Waals surface area contributed by atoms with Crippen molar-refractivity contribution in [2.45, 2.75) is 56.2 Å². The van der Waals surface area contributed by atoms with Crippen LogP contribution in [0, 0.1) is 0 Å². The molecule has 1 heterocycles. The molecule has 0 unspecified atom stereocenters. The van der Waals surface area contributed by atoms with Gasteiger partial charge in [-0.15, -0.1) is 0 Å². The number of aliphatic hydroxyl groups excluding tert-OH is 4. The number of hydrogen-bond donors (Lipinski definition) is 5. The number of benzene rings is 1. The minimum Gasteiger partial charge on any atom is -0.457 e. The summed E-state index contributed by atoms with van der Waals surface area (Å²) in [7, 11) is 1.17. The van der Waals surface area contributed by atoms with E-state index in [0.717, 1.165) is 0 Å². The third-order valence-corrected chi connectivity index (χ3v) is 4.71. The second-order valence-electron chi connectivity index (χ2n) is 6.84. The largest absolute Gasteiger partial charge is 0.457 e. The van der Waals surface area contributed by atoms with Crippen LogP contribution >= 0.6 is 0 Å². The van der Waals surface area contributed by atoms with Gasteiger partial charge in [0.05, 0.1) is 18.8 Å². The average Bonchev–Trinajstić information content (AvgIpc) is 2.72. The molecule has 1 amide bonds. The second kappa shape index (κ2) is 10.1. The molecule has 2 rings (SSSR count). The number of aliphatic hydroxyl groups is 4. The van der Waals surface area contributed by atoms with Gasteiger partial charge in [0.2, 0.25) is 5.91 Å². The van der Waals surface area contributed by atoms with Crippen LogP contribution in [0.4, 0.5) is 0 Å². The quantitative estimate of drug-likeness (QED) is 0.318. The maximum absolute atomic E-state index is 12.7. The van der Waals surface area contributed by atoms with Crippen LogP contribution in [-0.4, -0.2) is 82.3 Å². The first-order valence-electron chi connectivity index (χ1n) is 9.10. The van der Waals surface area contributed by atoms with Gasteiger partial charge in [0.15, 0.2) is 0 Å². The smallest absolute Gasteiger partial charge is 0.367 e. The predicted octanol–water partition coefficient (Wildman–Crippen LogP) is -1.56. The molecule has 1 fully saturated rings. The number of methoxy groups -OCH3 is 1. The zero-order chi connectivity index (χ0) is 21.6. The summed E-state index contributed by atoms with van der Waals surface area (Å²) >= 11 is 0. The number of rotatable bonds is 8. The summed E-state index contributed by atoms with van der Waals surface area (Å²) in [5, 5.41) is 42.3. The molecule has 0 spiro atoms.